The van der Waals surface area contributed by atoms with Crippen LogP contribution < -0.4 is 11.1 Å². The Labute approximate surface area is 141 Å². The zero-order chi connectivity index (χ0) is 17.6. The molecule has 1 aromatic rings. The number of carbonyl (C=O) groups excluding carboxylic acids is 3. The summed E-state index contributed by atoms with van der Waals surface area (Å²) >= 11 is 0. The number of imide groups is 1. The number of hydrogen-bond acceptors (Lipinski definition) is 4. The first-order chi connectivity index (χ1) is 11.4. The Kier molecular flexibility index (Phi) is 4.17. The molecule has 6 heteroatoms. The number of carbonyl (C=O) groups is 3. The van der Waals surface area contributed by atoms with Gasteiger partial charge in [-0.15, -0.1) is 0 Å². The minimum atomic E-state index is -0.483. The van der Waals surface area contributed by atoms with E-state index in [1.54, 1.807) is 19.2 Å². The summed E-state index contributed by atoms with van der Waals surface area (Å²) in [7, 11) is 1.56. The van der Waals surface area contributed by atoms with E-state index in [1.807, 2.05) is 12.1 Å². The first kappa shape index (κ1) is 16.6. The van der Waals surface area contributed by atoms with Crippen molar-refractivity contribution in [1.29, 1.82) is 0 Å². The minimum absolute atomic E-state index is 0.0257. The molecular weight excluding hydrogens is 306 g/mol. The highest BCUT2D eigenvalue weighted by Crippen LogP contribution is 2.45. The molecule has 5 atom stereocenters. The number of hydrogen-bond donors (Lipinski definition) is 2. The molecule has 0 bridgehead atoms. The summed E-state index contributed by atoms with van der Waals surface area (Å²) in [5.41, 5.74) is 6.61. The standard InChI is InChI=1S/C18H23N3O3/c1-4-9(2)14-12-13(18(24)21(3)17(12)23)15(20-14)10-5-7-11(8-6-10)16(19)22/h5-9,12-15,20H,4H2,1-3H3,(H2,19,22). The second-order valence-electron chi connectivity index (χ2n) is 6.83. The van der Waals surface area contributed by atoms with Gasteiger partial charge in [0.25, 0.3) is 0 Å². The van der Waals surface area contributed by atoms with Gasteiger partial charge in [0.15, 0.2) is 0 Å². The van der Waals surface area contributed by atoms with Crippen LogP contribution in [0.25, 0.3) is 0 Å². The molecule has 24 heavy (non-hydrogen) atoms. The fourth-order valence-corrected chi connectivity index (χ4v) is 3.94. The van der Waals surface area contributed by atoms with Crippen LogP contribution in [0.4, 0.5) is 0 Å². The minimum Gasteiger partial charge on any atom is -0.366 e. The lowest BCUT2D eigenvalue weighted by atomic mass is 9.82. The van der Waals surface area contributed by atoms with Gasteiger partial charge in [0, 0.05) is 24.7 Å². The SMILES string of the molecule is CCC(C)C1NC(c2ccc(C(N)=O)cc2)C2C(=O)N(C)C(=O)C12. The van der Waals surface area contributed by atoms with Gasteiger partial charge in [0.2, 0.25) is 17.7 Å². The Hall–Kier alpha value is -2.21. The maximum absolute atomic E-state index is 12.6. The van der Waals surface area contributed by atoms with Crippen molar-refractivity contribution < 1.29 is 14.4 Å². The van der Waals surface area contributed by atoms with Crippen molar-refractivity contribution in [2.75, 3.05) is 7.05 Å². The Bertz CT molecular complexity index is 685. The van der Waals surface area contributed by atoms with Crippen LogP contribution in [0.2, 0.25) is 0 Å². The number of fused-ring (bicyclic) bond motifs is 1. The third-order valence-corrected chi connectivity index (χ3v) is 5.55. The monoisotopic (exact) mass is 329 g/mol. The third kappa shape index (κ3) is 2.41. The molecular formula is C18H23N3O3. The molecule has 5 unspecified atom stereocenters. The van der Waals surface area contributed by atoms with Crippen molar-refractivity contribution >= 4 is 17.7 Å². The lowest BCUT2D eigenvalue weighted by Gasteiger charge is -2.24. The first-order valence-corrected chi connectivity index (χ1v) is 8.34. The van der Waals surface area contributed by atoms with Gasteiger partial charge in [-0.2, -0.15) is 0 Å². The van der Waals surface area contributed by atoms with Crippen LogP contribution in [-0.2, 0) is 9.59 Å². The Morgan fingerprint density at radius 3 is 2.33 bits per heavy atom. The molecule has 0 spiro atoms. The van der Waals surface area contributed by atoms with E-state index < -0.39 is 5.91 Å². The molecule has 0 aliphatic carbocycles. The largest absolute Gasteiger partial charge is 0.366 e. The van der Waals surface area contributed by atoms with Gasteiger partial charge in [0.05, 0.1) is 11.8 Å². The van der Waals surface area contributed by atoms with Crippen molar-refractivity contribution in [1.82, 2.24) is 10.2 Å². The molecule has 3 amide bonds. The van der Waals surface area contributed by atoms with Crippen molar-refractivity contribution in [3.05, 3.63) is 35.4 Å². The van der Waals surface area contributed by atoms with Crippen molar-refractivity contribution in [3.63, 3.8) is 0 Å². The molecule has 6 nitrogen and oxygen atoms in total. The summed E-state index contributed by atoms with van der Waals surface area (Å²) in [6.07, 6.45) is 0.930. The molecule has 3 rings (SSSR count). The number of nitrogens with one attached hydrogen (secondary N) is 1. The van der Waals surface area contributed by atoms with E-state index in [-0.39, 0.29) is 41.7 Å². The highest BCUT2D eigenvalue weighted by atomic mass is 16.2. The first-order valence-electron chi connectivity index (χ1n) is 8.34. The summed E-state index contributed by atoms with van der Waals surface area (Å²) < 4.78 is 0. The Morgan fingerprint density at radius 2 is 1.79 bits per heavy atom. The zero-order valence-electron chi connectivity index (χ0n) is 14.2. The van der Waals surface area contributed by atoms with Gasteiger partial charge in [0.1, 0.15) is 0 Å². The fourth-order valence-electron chi connectivity index (χ4n) is 3.94. The summed E-state index contributed by atoms with van der Waals surface area (Å²) in [6.45, 7) is 4.19. The van der Waals surface area contributed by atoms with Gasteiger partial charge < -0.3 is 11.1 Å². The summed E-state index contributed by atoms with van der Waals surface area (Å²) in [4.78, 5) is 37.7. The van der Waals surface area contributed by atoms with Crippen LogP contribution in [0.15, 0.2) is 24.3 Å². The van der Waals surface area contributed by atoms with Crippen LogP contribution in [-0.4, -0.2) is 35.7 Å². The van der Waals surface area contributed by atoms with E-state index in [2.05, 4.69) is 19.2 Å². The lowest BCUT2D eigenvalue weighted by Crippen LogP contribution is -2.40. The number of likely N-dealkylation sites (tertiary alicyclic amines) is 1. The summed E-state index contributed by atoms with van der Waals surface area (Å²) in [5, 5.41) is 3.51. The van der Waals surface area contributed by atoms with E-state index >= 15 is 0 Å². The maximum Gasteiger partial charge on any atom is 0.248 e. The number of primary amides is 1. The number of amides is 3. The van der Waals surface area contributed by atoms with Gasteiger partial charge in [-0.05, 0) is 23.6 Å². The molecule has 2 saturated heterocycles. The summed E-state index contributed by atoms with van der Waals surface area (Å²) in [6, 6.07) is 6.69. The van der Waals surface area contributed by atoms with E-state index in [9.17, 15) is 14.4 Å². The number of rotatable bonds is 4. The smallest absolute Gasteiger partial charge is 0.248 e. The number of nitrogens with zero attached hydrogens (tertiary/aromatic N) is 1. The predicted molar refractivity (Wildman–Crippen MR) is 88.8 cm³/mol. The van der Waals surface area contributed by atoms with Crippen LogP contribution in [0.5, 0.6) is 0 Å². The normalized spacial score (nSPS) is 30.5. The molecule has 0 aromatic heterocycles. The summed E-state index contributed by atoms with van der Waals surface area (Å²) in [5.74, 6) is -1.13. The van der Waals surface area contributed by atoms with E-state index in [1.165, 1.54) is 4.90 Å². The molecule has 2 fully saturated rings. The third-order valence-electron chi connectivity index (χ3n) is 5.55. The molecule has 2 aliphatic heterocycles. The molecule has 3 N–H and O–H groups in total. The van der Waals surface area contributed by atoms with Crippen molar-refractivity contribution in [2.45, 2.75) is 32.4 Å². The second kappa shape index (κ2) is 6.02. The van der Waals surface area contributed by atoms with Crippen LogP contribution in [0.1, 0.15) is 42.2 Å². The van der Waals surface area contributed by atoms with Gasteiger partial charge in [-0.25, -0.2) is 0 Å². The molecule has 2 aliphatic rings. The van der Waals surface area contributed by atoms with E-state index in [4.69, 9.17) is 5.73 Å². The molecule has 2 heterocycles. The zero-order valence-corrected chi connectivity index (χ0v) is 14.2. The quantitative estimate of drug-likeness (QED) is 0.808. The van der Waals surface area contributed by atoms with Gasteiger partial charge in [-0.1, -0.05) is 32.4 Å². The van der Waals surface area contributed by atoms with Gasteiger partial charge in [-0.3, -0.25) is 19.3 Å². The van der Waals surface area contributed by atoms with E-state index in [0.717, 1.165) is 12.0 Å². The van der Waals surface area contributed by atoms with Crippen LogP contribution in [0, 0.1) is 17.8 Å². The Morgan fingerprint density at radius 1 is 1.21 bits per heavy atom. The van der Waals surface area contributed by atoms with Crippen LogP contribution in [0.3, 0.4) is 0 Å². The topological polar surface area (TPSA) is 92.5 Å². The number of nitrogens with two attached hydrogens (primary N) is 1. The molecule has 0 saturated carbocycles. The van der Waals surface area contributed by atoms with Gasteiger partial charge >= 0.3 is 0 Å². The fraction of sp³-hybridized carbons (Fsp3) is 0.500. The highest BCUT2D eigenvalue weighted by molar-refractivity contribution is 6.06. The van der Waals surface area contributed by atoms with E-state index in [0.29, 0.717) is 5.56 Å². The predicted octanol–water partition coefficient (Wildman–Crippen LogP) is 1.08. The lowest BCUT2D eigenvalue weighted by molar-refractivity contribution is -0.139. The second-order valence-corrected chi connectivity index (χ2v) is 6.83. The number of benzene rings is 1. The average molecular weight is 329 g/mol. The Balaban J connectivity index is 1.97. The van der Waals surface area contributed by atoms with Crippen molar-refractivity contribution in [2.24, 2.45) is 23.5 Å². The molecule has 0 radical (unpaired) electrons. The molecule has 128 valence electrons. The average Bonchev–Trinajstić information content (AvgIpc) is 3.08. The highest BCUT2D eigenvalue weighted by Gasteiger charge is 2.58. The van der Waals surface area contributed by atoms with Crippen molar-refractivity contribution in [3.8, 4) is 0 Å². The molecule has 1 aromatic carbocycles. The van der Waals surface area contributed by atoms with Crippen LogP contribution >= 0.6 is 0 Å². The maximum atomic E-state index is 12.6.